The van der Waals surface area contributed by atoms with Crippen LogP contribution in [0.1, 0.15) is 43.9 Å². The Morgan fingerprint density at radius 3 is 2.50 bits per heavy atom. The van der Waals surface area contributed by atoms with E-state index in [9.17, 15) is 5.11 Å². The Morgan fingerprint density at radius 2 is 1.88 bits per heavy atom. The second-order valence-corrected chi connectivity index (χ2v) is 7.49. The van der Waals surface area contributed by atoms with Crippen molar-refractivity contribution < 1.29 is 5.11 Å². The molecular formula is C20H33N3O. The highest BCUT2D eigenvalue weighted by molar-refractivity contribution is 5.25. The molecule has 134 valence electrons. The van der Waals surface area contributed by atoms with Gasteiger partial charge in [0.1, 0.15) is 0 Å². The number of likely N-dealkylation sites (tertiary alicyclic amines) is 1. The molecule has 1 aromatic rings. The van der Waals surface area contributed by atoms with Gasteiger partial charge in [0.05, 0.1) is 6.10 Å². The standard InChI is InChI=1S/C20H33N3O/c1-3-17-4-6-18(7-5-17)20(23-13-10-21-16(2)14-23)15-22-11-8-19(24)9-12-22/h4-7,16,19-21,24H,3,8-15H2,1-2H3. The van der Waals surface area contributed by atoms with E-state index in [-0.39, 0.29) is 6.10 Å². The lowest BCUT2D eigenvalue weighted by molar-refractivity contribution is 0.0553. The number of aliphatic hydroxyl groups excluding tert-OH is 1. The van der Waals surface area contributed by atoms with E-state index >= 15 is 0 Å². The summed E-state index contributed by atoms with van der Waals surface area (Å²) in [6, 6.07) is 10.2. The summed E-state index contributed by atoms with van der Waals surface area (Å²) in [5.41, 5.74) is 2.85. The first-order chi connectivity index (χ1) is 11.7. The number of piperidine rings is 1. The van der Waals surface area contributed by atoms with Crippen LogP contribution in [0.15, 0.2) is 24.3 Å². The minimum Gasteiger partial charge on any atom is -0.393 e. The number of nitrogens with one attached hydrogen (secondary N) is 1. The van der Waals surface area contributed by atoms with Crippen molar-refractivity contribution in [3.05, 3.63) is 35.4 Å². The SMILES string of the molecule is CCc1ccc(C(CN2CCC(O)CC2)N2CCNC(C)C2)cc1. The van der Waals surface area contributed by atoms with Gasteiger partial charge in [-0.3, -0.25) is 4.90 Å². The summed E-state index contributed by atoms with van der Waals surface area (Å²) in [6.07, 6.45) is 2.83. The van der Waals surface area contributed by atoms with Crippen LogP contribution >= 0.6 is 0 Å². The van der Waals surface area contributed by atoms with Crippen molar-refractivity contribution in [1.82, 2.24) is 15.1 Å². The van der Waals surface area contributed by atoms with Crippen molar-refractivity contribution in [3.8, 4) is 0 Å². The molecule has 4 nitrogen and oxygen atoms in total. The molecule has 4 heteroatoms. The first kappa shape index (κ1) is 17.9. The number of hydrogen-bond acceptors (Lipinski definition) is 4. The second kappa shape index (κ2) is 8.43. The average molecular weight is 332 g/mol. The normalized spacial score (nSPS) is 25.7. The number of piperazine rings is 1. The molecule has 3 rings (SSSR count). The fourth-order valence-electron chi connectivity index (χ4n) is 4.00. The lowest BCUT2D eigenvalue weighted by atomic mass is 9.99. The van der Waals surface area contributed by atoms with Crippen LogP contribution in [0.3, 0.4) is 0 Å². The lowest BCUT2D eigenvalue weighted by Gasteiger charge is -2.41. The number of aryl methyl sites for hydroxylation is 1. The highest BCUT2D eigenvalue weighted by atomic mass is 16.3. The zero-order valence-corrected chi connectivity index (χ0v) is 15.2. The van der Waals surface area contributed by atoms with Crippen LogP contribution in [-0.2, 0) is 6.42 Å². The van der Waals surface area contributed by atoms with E-state index in [1.807, 2.05) is 0 Å². The van der Waals surface area contributed by atoms with Gasteiger partial charge in [-0.15, -0.1) is 0 Å². The molecule has 2 aliphatic rings. The Hall–Kier alpha value is -0.940. The Labute approximate surface area is 146 Å². The van der Waals surface area contributed by atoms with Gasteiger partial charge in [-0.2, -0.15) is 0 Å². The molecule has 0 radical (unpaired) electrons. The third-order valence-corrected chi connectivity index (χ3v) is 5.60. The first-order valence-electron chi connectivity index (χ1n) is 9.62. The predicted octanol–water partition coefficient (Wildman–Crippen LogP) is 2.04. The van der Waals surface area contributed by atoms with E-state index in [0.717, 1.165) is 58.5 Å². The highest BCUT2D eigenvalue weighted by Gasteiger charge is 2.28. The molecule has 1 aromatic carbocycles. The van der Waals surface area contributed by atoms with Gasteiger partial charge in [-0.05, 0) is 37.3 Å². The number of benzene rings is 1. The largest absolute Gasteiger partial charge is 0.393 e. The Morgan fingerprint density at radius 1 is 1.17 bits per heavy atom. The zero-order chi connectivity index (χ0) is 16.9. The molecule has 0 saturated carbocycles. The summed E-state index contributed by atoms with van der Waals surface area (Å²) in [5.74, 6) is 0. The molecule has 2 atom stereocenters. The van der Waals surface area contributed by atoms with Gasteiger partial charge in [0, 0.05) is 51.4 Å². The molecule has 2 aliphatic heterocycles. The van der Waals surface area contributed by atoms with Gasteiger partial charge in [0.2, 0.25) is 0 Å². The zero-order valence-electron chi connectivity index (χ0n) is 15.2. The molecule has 0 amide bonds. The van der Waals surface area contributed by atoms with E-state index in [2.05, 4.69) is 53.2 Å². The van der Waals surface area contributed by atoms with E-state index in [1.54, 1.807) is 0 Å². The van der Waals surface area contributed by atoms with Gasteiger partial charge < -0.3 is 15.3 Å². The van der Waals surface area contributed by atoms with Gasteiger partial charge >= 0.3 is 0 Å². The minimum atomic E-state index is -0.0947. The van der Waals surface area contributed by atoms with Crippen molar-refractivity contribution in [3.63, 3.8) is 0 Å². The summed E-state index contributed by atoms with van der Waals surface area (Å²) >= 11 is 0. The number of hydrogen-bond donors (Lipinski definition) is 2. The summed E-state index contributed by atoms with van der Waals surface area (Å²) < 4.78 is 0. The van der Waals surface area contributed by atoms with Gasteiger partial charge in [0.15, 0.2) is 0 Å². The lowest BCUT2D eigenvalue weighted by Crippen LogP contribution is -2.52. The Bertz CT molecular complexity index is 496. The van der Waals surface area contributed by atoms with Crippen LogP contribution in [0, 0.1) is 0 Å². The first-order valence-corrected chi connectivity index (χ1v) is 9.62. The van der Waals surface area contributed by atoms with Crippen LogP contribution in [0.4, 0.5) is 0 Å². The molecule has 2 heterocycles. The molecule has 24 heavy (non-hydrogen) atoms. The molecule has 0 bridgehead atoms. The quantitative estimate of drug-likeness (QED) is 0.866. The number of aliphatic hydroxyl groups is 1. The highest BCUT2D eigenvalue weighted by Crippen LogP contribution is 2.25. The average Bonchev–Trinajstić information content (AvgIpc) is 2.61. The summed E-state index contributed by atoms with van der Waals surface area (Å²) in [6.45, 7) is 10.9. The molecule has 2 N–H and O–H groups in total. The Balaban J connectivity index is 1.74. The smallest absolute Gasteiger partial charge is 0.0564 e. The Kier molecular flexibility index (Phi) is 6.28. The maximum Gasteiger partial charge on any atom is 0.0564 e. The number of nitrogens with zero attached hydrogens (tertiary/aromatic N) is 2. The third-order valence-electron chi connectivity index (χ3n) is 5.60. The fraction of sp³-hybridized carbons (Fsp3) is 0.700. The van der Waals surface area contributed by atoms with Crippen molar-refractivity contribution in [2.45, 2.75) is 51.3 Å². The van der Waals surface area contributed by atoms with Crippen molar-refractivity contribution >= 4 is 0 Å². The molecule has 0 spiro atoms. The summed E-state index contributed by atoms with van der Waals surface area (Å²) in [7, 11) is 0. The number of rotatable bonds is 5. The minimum absolute atomic E-state index is 0.0947. The molecular weight excluding hydrogens is 298 g/mol. The molecule has 0 aliphatic carbocycles. The fourth-order valence-corrected chi connectivity index (χ4v) is 4.00. The molecule has 2 saturated heterocycles. The molecule has 2 unspecified atom stereocenters. The van der Waals surface area contributed by atoms with Crippen molar-refractivity contribution in [2.75, 3.05) is 39.3 Å². The maximum atomic E-state index is 9.77. The van der Waals surface area contributed by atoms with Crippen molar-refractivity contribution in [1.29, 1.82) is 0 Å². The second-order valence-electron chi connectivity index (χ2n) is 7.49. The van der Waals surface area contributed by atoms with Gasteiger partial charge in [-0.1, -0.05) is 31.2 Å². The van der Waals surface area contributed by atoms with Crippen LogP contribution in [0.2, 0.25) is 0 Å². The predicted molar refractivity (Wildman–Crippen MR) is 99.3 cm³/mol. The summed E-state index contributed by atoms with van der Waals surface area (Å²) in [5, 5.41) is 13.3. The summed E-state index contributed by atoms with van der Waals surface area (Å²) in [4.78, 5) is 5.19. The van der Waals surface area contributed by atoms with Crippen LogP contribution in [0.5, 0.6) is 0 Å². The van der Waals surface area contributed by atoms with E-state index < -0.39 is 0 Å². The monoisotopic (exact) mass is 331 g/mol. The van der Waals surface area contributed by atoms with Crippen LogP contribution < -0.4 is 5.32 Å². The maximum absolute atomic E-state index is 9.77. The molecule has 2 fully saturated rings. The van der Waals surface area contributed by atoms with Gasteiger partial charge in [-0.25, -0.2) is 0 Å². The van der Waals surface area contributed by atoms with Crippen LogP contribution in [-0.4, -0.2) is 66.3 Å². The van der Waals surface area contributed by atoms with E-state index in [4.69, 9.17) is 0 Å². The van der Waals surface area contributed by atoms with Crippen LogP contribution in [0.25, 0.3) is 0 Å². The van der Waals surface area contributed by atoms with Gasteiger partial charge in [0.25, 0.3) is 0 Å². The molecule has 0 aromatic heterocycles. The van der Waals surface area contributed by atoms with E-state index in [0.29, 0.717) is 12.1 Å². The third kappa shape index (κ3) is 4.57. The van der Waals surface area contributed by atoms with E-state index in [1.165, 1.54) is 11.1 Å². The topological polar surface area (TPSA) is 38.7 Å². The van der Waals surface area contributed by atoms with Crippen molar-refractivity contribution in [2.24, 2.45) is 0 Å².